The third-order valence-electron chi connectivity index (χ3n) is 4.42. The Kier molecular flexibility index (Phi) is 9.65. The van der Waals surface area contributed by atoms with E-state index in [9.17, 15) is 9.59 Å². The largest absolute Gasteiger partial charge is 0.465 e. The quantitative estimate of drug-likeness (QED) is 0.339. The normalized spacial score (nSPS) is 21.7. The predicted molar refractivity (Wildman–Crippen MR) is 90.9 cm³/mol. The SMILES string of the molecule is CCCCCCCOC(=O)C1CC=CCC1C(=O)OC(C)CC. The van der Waals surface area contributed by atoms with Crippen LogP contribution in [-0.2, 0) is 19.1 Å². The minimum atomic E-state index is -0.401. The van der Waals surface area contributed by atoms with Crippen molar-refractivity contribution in [3.8, 4) is 0 Å². The van der Waals surface area contributed by atoms with E-state index in [1.54, 1.807) is 0 Å². The number of unbranched alkanes of at least 4 members (excludes halogenated alkanes) is 4. The van der Waals surface area contributed by atoms with Gasteiger partial charge in [0.25, 0.3) is 0 Å². The van der Waals surface area contributed by atoms with Gasteiger partial charge in [-0.3, -0.25) is 9.59 Å². The fraction of sp³-hybridized carbons (Fsp3) is 0.789. The minimum absolute atomic E-state index is 0.108. The maximum absolute atomic E-state index is 12.3. The average molecular weight is 324 g/mol. The molecule has 0 saturated carbocycles. The van der Waals surface area contributed by atoms with Crippen molar-refractivity contribution in [2.45, 2.75) is 78.2 Å². The molecule has 4 nitrogen and oxygen atoms in total. The molecule has 23 heavy (non-hydrogen) atoms. The van der Waals surface area contributed by atoms with Crippen LogP contribution in [0.1, 0.15) is 72.1 Å². The van der Waals surface area contributed by atoms with Crippen molar-refractivity contribution < 1.29 is 19.1 Å². The van der Waals surface area contributed by atoms with Crippen molar-refractivity contribution in [2.75, 3.05) is 6.61 Å². The first-order valence-corrected chi connectivity index (χ1v) is 9.12. The van der Waals surface area contributed by atoms with Crippen LogP contribution >= 0.6 is 0 Å². The number of ether oxygens (including phenoxy) is 2. The number of hydrogen-bond acceptors (Lipinski definition) is 4. The van der Waals surface area contributed by atoms with E-state index in [0.717, 1.165) is 19.3 Å². The summed E-state index contributed by atoms with van der Waals surface area (Å²) in [7, 11) is 0. The zero-order valence-corrected chi connectivity index (χ0v) is 14.9. The summed E-state index contributed by atoms with van der Waals surface area (Å²) in [6, 6.07) is 0. The molecule has 0 aromatic carbocycles. The summed E-state index contributed by atoms with van der Waals surface area (Å²) in [6.45, 7) is 6.48. The molecule has 0 saturated heterocycles. The molecule has 1 aliphatic carbocycles. The molecular formula is C19H32O4. The van der Waals surface area contributed by atoms with Crippen molar-refractivity contribution in [2.24, 2.45) is 11.8 Å². The highest BCUT2D eigenvalue weighted by atomic mass is 16.5. The van der Waals surface area contributed by atoms with Crippen LogP contribution in [0.3, 0.4) is 0 Å². The lowest BCUT2D eigenvalue weighted by Crippen LogP contribution is -2.35. The second-order valence-corrected chi connectivity index (χ2v) is 6.39. The van der Waals surface area contributed by atoms with Gasteiger partial charge in [-0.05, 0) is 32.6 Å². The van der Waals surface area contributed by atoms with Gasteiger partial charge >= 0.3 is 11.9 Å². The van der Waals surface area contributed by atoms with Crippen molar-refractivity contribution in [1.29, 1.82) is 0 Å². The third kappa shape index (κ3) is 7.19. The Balaban J connectivity index is 2.42. The van der Waals surface area contributed by atoms with E-state index in [2.05, 4.69) is 6.92 Å². The average Bonchev–Trinajstić information content (AvgIpc) is 2.57. The predicted octanol–water partition coefficient (Wildman–Crippen LogP) is 4.42. The van der Waals surface area contributed by atoms with E-state index in [4.69, 9.17) is 9.47 Å². The Morgan fingerprint density at radius 2 is 1.61 bits per heavy atom. The first kappa shape index (κ1) is 19.7. The number of carbonyl (C=O) groups is 2. The van der Waals surface area contributed by atoms with Gasteiger partial charge in [-0.15, -0.1) is 0 Å². The Hall–Kier alpha value is -1.32. The van der Waals surface area contributed by atoms with E-state index >= 15 is 0 Å². The lowest BCUT2D eigenvalue weighted by Gasteiger charge is -2.26. The first-order chi connectivity index (χ1) is 11.1. The van der Waals surface area contributed by atoms with Gasteiger partial charge in [0.2, 0.25) is 0 Å². The molecule has 3 atom stereocenters. The van der Waals surface area contributed by atoms with E-state index in [-0.39, 0.29) is 18.0 Å². The standard InChI is InChI=1S/C19H32O4/c1-4-6-7-8-11-14-22-18(20)16-12-9-10-13-17(16)19(21)23-15(3)5-2/h9-10,15-17H,4-8,11-14H2,1-3H3. The maximum Gasteiger partial charge on any atom is 0.310 e. The van der Waals surface area contributed by atoms with E-state index < -0.39 is 11.8 Å². The molecule has 132 valence electrons. The van der Waals surface area contributed by atoms with Crippen molar-refractivity contribution in [3.63, 3.8) is 0 Å². The second kappa shape index (κ2) is 11.3. The highest BCUT2D eigenvalue weighted by Crippen LogP contribution is 2.28. The van der Waals surface area contributed by atoms with Crippen LogP contribution in [0.5, 0.6) is 0 Å². The Labute approximate surface area is 140 Å². The number of hydrogen-bond donors (Lipinski definition) is 0. The Morgan fingerprint density at radius 3 is 2.22 bits per heavy atom. The maximum atomic E-state index is 12.3. The molecule has 0 aromatic rings. The molecule has 0 bridgehead atoms. The molecule has 0 amide bonds. The number of allylic oxidation sites excluding steroid dienone is 2. The fourth-order valence-electron chi connectivity index (χ4n) is 2.69. The summed E-state index contributed by atoms with van der Waals surface area (Å²) in [5.74, 6) is -1.32. The highest BCUT2D eigenvalue weighted by molar-refractivity contribution is 5.82. The summed E-state index contributed by atoms with van der Waals surface area (Å²) in [5.41, 5.74) is 0. The molecule has 3 unspecified atom stereocenters. The van der Waals surface area contributed by atoms with Crippen LogP contribution < -0.4 is 0 Å². The molecule has 0 aromatic heterocycles. The Morgan fingerprint density at radius 1 is 1.00 bits per heavy atom. The van der Waals surface area contributed by atoms with Gasteiger partial charge in [-0.25, -0.2) is 0 Å². The van der Waals surface area contributed by atoms with Crippen LogP contribution in [0.15, 0.2) is 12.2 Å². The molecule has 0 spiro atoms. The highest BCUT2D eigenvalue weighted by Gasteiger charge is 2.36. The number of esters is 2. The van der Waals surface area contributed by atoms with Gasteiger partial charge < -0.3 is 9.47 Å². The molecular weight excluding hydrogens is 292 g/mol. The van der Waals surface area contributed by atoms with Gasteiger partial charge in [0.15, 0.2) is 0 Å². The second-order valence-electron chi connectivity index (χ2n) is 6.39. The minimum Gasteiger partial charge on any atom is -0.465 e. The van der Waals surface area contributed by atoms with E-state index in [1.807, 2.05) is 26.0 Å². The first-order valence-electron chi connectivity index (χ1n) is 9.12. The summed E-state index contributed by atoms with van der Waals surface area (Å²) in [4.78, 5) is 24.6. The van der Waals surface area contributed by atoms with Crippen LogP contribution in [0.4, 0.5) is 0 Å². The topological polar surface area (TPSA) is 52.6 Å². The Bertz CT molecular complexity index is 389. The number of rotatable bonds is 10. The molecule has 1 aliphatic rings. The third-order valence-corrected chi connectivity index (χ3v) is 4.42. The van der Waals surface area contributed by atoms with Crippen molar-refractivity contribution in [3.05, 3.63) is 12.2 Å². The summed E-state index contributed by atoms with van der Waals surface area (Å²) in [5, 5.41) is 0. The molecule has 0 fully saturated rings. The van der Waals surface area contributed by atoms with Crippen molar-refractivity contribution >= 4 is 11.9 Å². The summed E-state index contributed by atoms with van der Waals surface area (Å²) in [6.07, 6.45) is 11.3. The smallest absolute Gasteiger partial charge is 0.310 e. The van der Waals surface area contributed by atoms with Crippen molar-refractivity contribution in [1.82, 2.24) is 0 Å². The van der Waals surface area contributed by atoms with E-state index in [1.165, 1.54) is 19.3 Å². The van der Waals surface area contributed by atoms with E-state index in [0.29, 0.717) is 19.4 Å². The lowest BCUT2D eigenvalue weighted by atomic mass is 9.83. The molecule has 1 rings (SSSR count). The summed E-state index contributed by atoms with van der Waals surface area (Å²) >= 11 is 0. The fourth-order valence-corrected chi connectivity index (χ4v) is 2.69. The van der Waals surface area contributed by atoms with Crippen LogP contribution in [0.2, 0.25) is 0 Å². The lowest BCUT2D eigenvalue weighted by molar-refractivity contribution is -0.163. The molecule has 0 radical (unpaired) electrons. The molecule has 0 heterocycles. The zero-order chi connectivity index (χ0) is 17.1. The summed E-state index contributed by atoms with van der Waals surface area (Å²) < 4.78 is 10.8. The monoisotopic (exact) mass is 324 g/mol. The van der Waals surface area contributed by atoms with Gasteiger partial charge in [0.1, 0.15) is 0 Å². The van der Waals surface area contributed by atoms with Crippen LogP contribution in [0.25, 0.3) is 0 Å². The zero-order valence-electron chi connectivity index (χ0n) is 14.9. The molecule has 0 N–H and O–H groups in total. The molecule has 0 aliphatic heterocycles. The van der Waals surface area contributed by atoms with Crippen LogP contribution in [-0.4, -0.2) is 24.6 Å². The molecule has 4 heteroatoms. The van der Waals surface area contributed by atoms with Gasteiger partial charge in [0, 0.05) is 0 Å². The number of carbonyl (C=O) groups excluding carboxylic acids is 2. The van der Waals surface area contributed by atoms with Crippen LogP contribution in [0, 0.1) is 11.8 Å². The van der Waals surface area contributed by atoms with Gasteiger partial charge in [0.05, 0.1) is 24.5 Å². The van der Waals surface area contributed by atoms with Gasteiger partial charge in [-0.1, -0.05) is 51.7 Å². The van der Waals surface area contributed by atoms with Gasteiger partial charge in [-0.2, -0.15) is 0 Å².